The van der Waals surface area contributed by atoms with E-state index >= 15 is 0 Å². The number of urea groups is 1. The average Bonchev–Trinajstić information content (AvgIpc) is 3.17. The summed E-state index contributed by atoms with van der Waals surface area (Å²) in [4.78, 5) is 19.8. The van der Waals surface area contributed by atoms with Crippen molar-refractivity contribution < 1.29 is 17.9 Å². The van der Waals surface area contributed by atoms with Crippen LogP contribution in [0, 0.1) is 0 Å². The van der Waals surface area contributed by atoms with E-state index in [0.29, 0.717) is 14.9 Å². The summed E-state index contributed by atoms with van der Waals surface area (Å²) < 4.78 is 33.0. The largest absolute Gasteiger partial charge is 0.481 e. The summed E-state index contributed by atoms with van der Waals surface area (Å²) in [5.74, 6) is 0.119. The molecule has 0 fully saturated rings. The first-order chi connectivity index (χ1) is 13.4. The highest BCUT2D eigenvalue weighted by atomic mass is 32.2. The Labute approximate surface area is 168 Å². The number of hydrogen-bond donors (Lipinski definition) is 2. The molecule has 0 spiro atoms. The molecule has 0 unspecified atom stereocenters. The van der Waals surface area contributed by atoms with Crippen LogP contribution in [0.1, 0.15) is 0 Å². The molecule has 2 N–H and O–H groups in total. The van der Waals surface area contributed by atoms with Crippen molar-refractivity contribution in [3.05, 3.63) is 36.5 Å². The Morgan fingerprint density at radius 2 is 2.00 bits per heavy atom. The number of carbonyl (C=O) groups excluding carboxylic acids is 1. The Morgan fingerprint density at radius 1 is 1.21 bits per heavy atom. The van der Waals surface area contributed by atoms with Gasteiger partial charge in [0, 0.05) is 17.8 Å². The Morgan fingerprint density at radius 3 is 2.71 bits per heavy atom. The Kier molecular flexibility index (Phi) is 6.06. The number of amides is 2. The molecule has 2 aromatic heterocycles. The quantitative estimate of drug-likeness (QED) is 0.555. The number of carbonyl (C=O) groups is 1. The van der Waals surface area contributed by atoms with Crippen molar-refractivity contribution >= 4 is 45.1 Å². The van der Waals surface area contributed by atoms with Crippen molar-refractivity contribution in [1.29, 1.82) is 0 Å². The molecule has 0 saturated carbocycles. The lowest BCUT2D eigenvalue weighted by Crippen LogP contribution is -2.35. The van der Waals surface area contributed by atoms with Crippen LogP contribution >= 0.6 is 23.1 Å². The van der Waals surface area contributed by atoms with Gasteiger partial charge in [0.1, 0.15) is 5.01 Å². The number of nitrogens with one attached hydrogen (secondary N) is 2. The Bertz CT molecular complexity index is 1100. The molecule has 2 amide bonds. The molecule has 3 rings (SSSR count). The molecule has 0 saturated heterocycles. The summed E-state index contributed by atoms with van der Waals surface area (Å²) in [6.45, 7) is 0. The molecule has 146 valence electrons. The minimum atomic E-state index is -4.19. The molecular formula is C15H14N6O4S3. The van der Waals surface area contributed by atoms with Crippen LogP contribution in [-0.4, -0.2) is 48.0 Å². The number of rotatable bonds is 6. The zero-order valence-electron chi connectivity index (χ0n) is 14.6. The minimum absolute atomic E-state index is 0.0967. The van der Waals surface area contributed by atoms with Crippen LogP contribution in [0.5, 0.6) is 5.88 Å². The van der Waals surface area contributed by atoms with E-state index < -0.39 is 16.1 Å². The van der Waals surface area contributed by atoms with Gasteiger partial charge in [0.15, 0.2) is 4.34 Å². The van der Waals surface area contributed by atoms with E-state index in [2.05, 4.69) is 25.5 Å². The summed E-state index contributed by atoms with van der Waals surface area (Å²) >= 11 is 2.66. The first kappa shape index (κ1) is 20.0. The maximum Gasteiger partial charge on any atom is 0.335 e. The van der Waals surface area contributed by atoms with E-state index in [1.165, 1.54) is 48.5 Å². The highest BCUT2D eigenvalue weighted by Crippen LogP contribution is 2.32. The van der Waals surface area contributed by atoms with Crippen molar-refractivity contribution in [2.45, 2.75) is 9.24 Å². The smallest absolute Gasteiger partial charge is 0.335 e. The molecule has 0 bridgehead atoms. The van der Waals surface area contributed by atoms with Gasteiger partial charge in [0.2, 0.25) is 11.8 Å². The molecule has 28 heavy (non-hydrogen) atoms. The van der Waals surface area contributed by atoms with Crippen LogP contribution in [0.2, 0.25) is 0 Å². The SMILES string of the molecule is COc1ccnc(NC(=O)NS(=O)(=O)c2ccccc2-c2nnc(SC)s2)n1. The van der Waals surface area contributed by atoms with Crippen LogP contribution in [0.4, 0.5) is 10.7 Å². The fourth-order valence-electron chi connectivity index (χ4n) is 2.10. The third kappa shape index (κ3) is 4.55. The number of anilines is 1. The number of ether oxygens (including phenoxy) is 1. The monoisotopic (exact) mass is 438 g/mol. The van der Waals surface area contributed by atoms with Gasteiger partial charge < -0.3 is 4.74 Å². The predicted octanol–water partition coefficient (Wildman–Crippen LogP) is 2.24. The Balaban J connectivity index is 1.84. The number of benzene rings is 1. The van der Waals surface area contributed by atoms with Crippen LogP contribution in [0.3, 0.4) is 0 Å². The maximum absolute atomic E-state index is 12.7. The fraction of sp³-hybridized carbons (Fsp3) is 0.133. The zero-order chi connectivity index (χ0) is 20.1. The summed E-state index contributed by atoms with van der Waals surface area (Å²) in [7, 11) is -2.78. The molecule has 13 heteroatoms. The van der Waals surface area contributed by atoms with Crippen LogP contribution in [0.15, 0.2) is 45.8 Å². The summed E-state index contributed by atoms with van der Waals surface area (Å²) in [5.41, 5.74) is 0.346. The van der Waals surface area contributed by atoms with Crippen molar-refractivity contribution in [1.82, 2.24) is 24.9 Å². The summed E-state index contributed by atoms with van der Waals surface area (Å²) in [6, 6.07) is 6.69. The van der Waals surface area contributed by atoms with E-state index in [0.717, 1.165) is 0 Å². The molecule has 0 atom stereocenters. The second-order valence-corrected chi connectivity index (χ2v) is 8.74. The number of aromatic nitrogens is 4. The number of nitrogens with zero attached hydrogens (tertiary/aromatic N) is 4. The maximum atomic E-state index is 12.7. The normalized spacial score (nSPS) is 11.1. The second kappa shape index (κ2) is 8.50. The molecule has 0 radical (unpaired) electrons. The molecule has 1 aromatic carbocycles. The topological polar surface area (TPSA) is 136 Å². The standard InChI is InChI=1S/C15H14N6O4S3/c1-25-11-7-8-16-13(17-11)18-14(22)21-28(23,24)10-6-4-3-5-9(10)12-19-20-15(26-2)27-12/h3-8H,1-2H3,(H2,16,17,18,21,22). The van der Waals surface area contributed by atoms with Gasteiger partial charge in [-0.3, -0.25) is 5.32 Å². The zero-order valence-corrected chi connectivity index (χ0v) is 17.1. The van der Waals surface area contributed by atoms with Gasteiger partial charge in [-0.15, -0.1) is 10.2 Å². The highest BCUT2D eigenvalue weighted by molar-refractivity contribution is 8.00. The molecule has 3 aromatic rings. The van der Waals surface area contributed by atoms with Gasteiger partial charge >= 0.3 is 6.03 Å². The van der Waals surface area contributed by atoms with E-state index in [9.17, 15) is 13.2 Å². The molecule has 0 aliphatic carbocycles. The van der Waals surface area contributed by atoms with Gasteiger partial charge in [0.25, 0.3) is 10.0 Å². The first-order valence-corrected chi connectivity index (χ1v) is 11.1. The van der Waals surface area contributed by atoms with Crippen LogP contribution in [-0.2, 0) is 10.0 Å². The van der Waals surface area contributed by atoms with E-state index in [1.807, 2.05) is 11.0 Å². The summed E-state index contributed by atoms with van der Waals surface area (Å²) in [5, 5.41) is 10.7. The molecule has 0 aliphatic rings. The van der Waals surface area contributed by atoms with Crippen molar-refractivity contribution in [3.63, 3.8) is 0 Å². The van der Waals surface area contributed by atoms with Crippen molar-refractivity contribution in [2.24, 2.45) is 0 Å². The van der Waals surface area contributed by atoms with Gasteiger partial charge in [-0.05, 0) is 12.3 Å². The highest BCUT2D eigenvalue weighted by Gasteiger charge is 2.24. The second-order valence-electron chi connectivity index (χ2n) is 5.06. The van der Waals surface area contributed by atoms with E-state index in [4.69, 9.17) is 4.74 Å². The fourth-order valence-corrected chi connectivity index (χ4v) is 4.59. The third-order valence-electron chi connectivity index (χ3n) is 3.28. The minimum Gasteiger partial charge on any atom is -0.481 e. The van der Waals surface area contributed by atoms with Gasteiger partial charge in [-0.1, -0.05) is 41.3 Å². The van der Waals surface area contributed by atoms with Crippen molar-refractivity contribution in [3.8, 4) is 16.5 Å². The van der Waals surface area contributed by atoms with Gasteiger partial charge in [0.05, 0.1) is 12.0 Å². The van der Waals surface area contributed by atoms with Gasteiger partial charge in [-0.25, -0.2) is 22.9 Å². The lowest BCUT2D eigenvalue weighted by atomic mass is 10.2. The van der Waals surface area contributed by atoms with Crippen molar-refractivity contribution in [2.75, 3.05) is 18.7 Å². The van der Waals surface area contributed by atoms with Crippen LogP contribution < -0.4 is 14.8 Å². The lowest BCUT2D eigenvalue weighted by Gasteiger charge is -2.10. The molecule has 2 heterocycles. The summed E-state index contributed by atoms with van der Waals surface area (Å²) in [6.07, 6.45) is 3.21. The molecule has 10 nitrogen and oxygen atoms in total. The lowest BCUT2D eigenvalue weighted by molar-refractivity contribution is 0.256. The molecule has 0 aliphatic heterocycles. The number of methoxy groups -OCH3 is 1. The number of thioether (sulfide) groups is 1. The third-order valence-corrected chi connectivity index (χ3v) is 6.60. The van der Waals surface area contributed by atoms with Crippen LogP contribution in [0.25, 0.3) is 10.6 Å². The molecular weight excluding hydrogens is 424 g/mol. The average molecular weight is 439 g/mol. The first-order valence-electron chi connectivity index (χ1n) is 7.60. The van der Waals surface area contributed by atoms with E-state index in [-0.39, 0.29) is 16.7 Å². The number of sulfonamides is 1. The number of hydrogen-bond acceptors (Lipinski definition) is 10. The predicted molar refractivity (Wildman–Crippen MR) is 105 cm³/mol. The van der Waals surface area contributed by atoms with E-state index in [1.54, 1.807) is 18.2 Å². The Hall–Kier alpha value is -2.77. The van der Waals surface area contributed by atoms with Gasteiger partial charge in [-0.2, -0.15) is 4.98 Å².